The lowest BCUT2D eigenvalue weighted by atomic mass is 9.67. The van der Waals surface area contributed by atoms with Gasteiger partial charge in [0.25, 0.3) is 0 Å². The third kappa shape index (κ3) is 4.40. The van der Waals surface area contributed by atoms with Gasteiger partial charge in [-0.25, -0.2) is 0 Å². The molecule has 6 aliphatic rings. The molecule has 0 bridgehead atoms. The second-order valence-electron chi connectivity index (χ2n) is 14.6. The van der Waals surface area contributed by atoms with Crippen LogP contribution in [0.5, 0.6) is 0 Å². The maximum atomic E-state index is 4.91. The summed E-state index contributed by atoms with van der Waals surface area (Å²) in [7, 11) is 0. The molecule has 1 aromatic heterocycles. The fourth-order valence-corrected chi connectivity index (χ4v) is 9.60. The summed E-state index contributed by atoms with van der Waals surface area (Å²) in [6, 6.07) is 36.1. The predicted octanol–water partition coefficient (Wildman–Crippen LogP) is 11.9. The molecule has 0 saturated heterocycles. The van der Waals surface area contributed by atoms with Crippen LogP contribution in [0.1, 0.15) is 41.9 Å². The quantitative estimate of drug-likeness (QED) is 0.210. The summed E-state index contributed by atoms with van der Waals surface area (Å²) in [6.45, 7) is 0. The zero-order valence-electron chi connectivity index (χ0n) is 28.3. The number of hydrogen-bond donors (Lipinski definition) is 1. The first-order valence-electron chi connectivity index (χ1n) is 18.4. The summed E-state index contributed by atoms with van der Waals surface area (Å²) in [4.78, 5) is 7.46. The Hall–Kier alpha value is -5.93. The molecular weight excluding hydrogens is 619 g/mol. The minimum absolute atomic E-state index is 0.0694. The Labute approximate surface area is 299 Å². The molecule has 4 atom stereocenters. The van der Waals surface area contributed by atoms with E-state index in [4.69, 9.17) is 4.98 Å². The van der Waals surface area contributed by atoms with E-state index in [9.17, 15) is 0 Å². The van der Waals surface area contributed by atoms with E-state index in [0.29, 0.717) is 11.8 Å². The van der Waals surface area contributed by atoms with Crippen molar-refractivity contribution in [2.75, 3.05) is 10.2 Å². The van der Waals surface area contributed by atoms with Crippen molar-refractivity contribution in [1.29, 1.82) is 0 Å². The van der Waals surface area contributed by atoms with Crippen LogP contribution >= 0.6 is 0 Å². The van der Waals surface area contributed by atoms with Gasteiger partial charge >= 0.3 is 0 Å². The molecule has 244 valence electrons. The minimum atomic E-state index is 0.0694. The maximum Gasteiger partial charge on any atom is 0.111 e. The van der Waals surface area contributed by atoms with Gasteiger partial charge in [0.05, 0.1) is 22.8 Å². The number of nitrogens with one attached hydrogen (secondary N) is 1. The van der Waals surface area contributed by atoms with Crippen LogP contribution in [0, 0.1) is 11.8 Å². The number of hydrogen-bond acceptors (Lipinski definition) is 3. The number of allylic oxidation sites excluding steroid dienone is 11. The van der Waals surface area contributed by atoms with Gasteiger partial charge in [-0.05, 0) is 94.1 Å². The van der Waals surface area contributed by atoms with Crippen LogP contribution < -0.4 is 10.2 Å². The normalized spacial score (nSPS) is 22.9. The van der Waals surface area contributed by atoms with Gasteiger partial charge in [0.1, 0.15) is 6.17 Å². The van der Waals surface area contributed by atoms with E-state index in [2.05, 4.69) is 162 Å². The van der Waals surface area contributed by atoms with E-state index < -0.39 is 0 Å². The molecule has 1 N–H and O–H groups in total. The molecule has 3 heterocycles. The molecule has 5 aromatic rings. The van der Waals surface area contributed by atoms with Crippen molar-refractivity contribution < 1.29 is 0 Å². The SMILES string of the molecule is C1=CC(C2Nc3cccc4c3N2c2ccccc2-c2ncccc2-4)CC(c2cccc(-c3ccc4c(c3)C3=C(C=CCC3)C3C=CC=CC43)c2)=C1. The van der Waals surface area contributed by atoms with Crippen LogP contribution in [0.25, 0.3) is 44.7 Å². The second kappa shape index (κ2) is 11.3. The molecule has 0 amide bonds. The number of pyridine rings is 1. The van der Waals surface area contributed by atoms with E-state index in [0.717, 1.165) is 25.0 Å². The Morgan fingerprint density at radius 1 is 0.686 bits per heavy atom. The van der Waals surface area contributed by atoms with Crippen LogP contribution in [-0.4, -0.2) is 11.1 Å². The molecule has 4 unspecified atom stereocenters. The number of fused-ring (bicyclic) bond motifs is 10. The smallest absolute Gasteiger partial charge is 0.111 e. The van der Waals surface area contributed by atoms with Gasteiger partial charge in [-0.1, -0.05) is 121 Å². The largest absolute Gasteiger partial charge is 0.363 e. The van der Waals surface area contributed by atoms with Crippen molar-refractivity contribution in [2.45, 2.75) is 31.3 Å². The average Bonchev–Trinajstić information content (AvgIpc) is 3.55. The highest BCUT2D eigenvalue weighted by molar-refractivity contribution is 6.04. The number of anilines is 3. The molecule has 2 aliphatic heterocycles. The zero-order valence-corrected chi connectivity index (χ0v) is 28.3. The highest BCUT2D eigenvalue weighted by Crippen LogP contribution is 2.55. The highest BCUT2D eigenvalue weighted by Gasteiger charge is 2.40. The monoisotopic (exact) mass is 655 g/mol. The molecule has 0 radical (unpaired) electrons. The third-order valence-corrected chi connectivity index (χ3v) is 11.9. The topological polar surface area (TPSA) is 28.2 Å². The van der Waals surface area contributed by atoms with Crippen molar-refractivity contribution in [2.24, 2.45) is 11.8 Å². The first kappa shape index (κ1) is 28.9. The molecule has 51 heavy (non-hydrogen) atoms. The molecule has 3 heteroatoms. The van der Waals surface area contributed by atoms with Crippen LogP contribution in [0.3, 0.4) is 0 Å². The first-order chi connectivity index (χ1) is 25.3. The summed E-state index contributed by atoms with van der Waals surface area (Å²) in [5, 5.41) is 3.98. The van der Waals surface area contributed by atoms with Gasteiger partial charge in [0, 0.05) is 40.6 Å². The van der Waals surface area contributed by atoms with Gasteiger partial charge in [-0.2, -0.15) is 0 Å². The number of rotatable bonds is 3. The second-order valence-corrected chi connectivity index (χ2v) is 14.6. The first-order valence-corrected chi connectivity index (χ1v) is 18.4. The molecule has 3 nitrogen and oxygen atoms in total. The third-order valence-electron chi connectivity index (χ3n) is 11.9. The Bertz CT molecular complexity index is 2470. The summed E-state index contributed by atoms with van der Waals surface area (Å²) in [5.74, 6) is 1.12. The van der Waals surface area contributed by atoms with E-state index in [1.807, 2.05) is 6.20 Å². The lowest BCUT2D eigenvalue weighted by molar-refractivity contribution is 0.558. The highest BCUT2D eigenvalue weighted by atomic mass is 15.3. The van der Waals surface area contributed by atoms with Crippen LogP contribution in [0.2, 0.25) is 0 Å². The number of aromatic nitrogens is 1. The fourth-order valence-electron chi connectivity index (χ4n) is 9.60. The molecule has 0 saturated carbocycles. The van der Waals surface area contributed by atoms with Crippen LogP contribution in [0.4, 0.5) is 17.1 Å². The van der Waals surface area contributed by atoms with Crippen molar-refractivity contribution in [3.8, 4) is 33.5 Å². The van der Waals surface area contributed by atoms with Gasteiger partial charge in [0.2, 0.25) is 0 Å². The van der Waals surface area contributed by atoms with Gasteiger partial charge in [-0.15, -0.1) is 0 Å². The zero-order chi connectivity index (χ0) is 33.5. The summed E-state index contributed by atoms with van der Waals surface area (Å²) < 4.78 is 0. The molecule has 4 aliphatic carbocycles. The lowest BCUT2D eigenvalue weighted by Gasteiger charge is -2.36. The Morgan fingerprint density at radius 3 is 2.51 bits per heavy atom. The fraction of sp³-hybridized carbons (Fsp3) is 0.146. The summed E-state index contributed by atoms with van der Waals surface area (Å²) in [6.07, 6.45) is 26.2. The van der Waals surface area contributed by atoms with Crippen molar-refractivity contribution in [1.82, 2.24) is 4.98 Å². The molecule has 0 spiro atoms. The van der Waals surface area contributed by atoms with Crippen LogP contribution in [0.15, 0.2) is 164 Å². The van der Waals surface area contributed by atoms with E-state index in [-0.39, 0.29) is 12.1 Å². The predicted molar refractivity (Wildman–Crippen MR) is 212 cm³/mol. The van der Waals surface area contributed by atoms with Crippen molar-refractivity contribution >= 4 is 28.2 Å². The molecule has 11 rings (SSSR count). The average molecular weight is 656 g/mol. The summed E-state index contributed by atoms with van der Waals surface area (Å²) in [5.41, 5.74) is 19.5. The number of nitrogens with zero attached hydrogens (tertiary/aromatic N) is 2. The standard InChI is InChI=1S/C48H37N3/c1-2-17-37-35(15-1)36-16-3-4-18-38(36)43-29-33(24-25-39(37)43)31-12-7-11-30(27-31)32-13-8-14-34(28-32)48-50-44-22-9-20-41-40-21-10-26-49-46(40)42-19-5-6-23-45(42)51(48)47(41)44/h1-3,5-17,19-27,29,34-35,37,48,50H,4,18,28H2. The Morgan fingerprint density at radius 2 is 1.53 bits per heavy atom. The number of benzene rings is 4. The maximum absolute atomic E-state index is 4.91. The van der Waals surface area contributed by atoms with E-state index in [1.165, 1.54) is 78.3 Å². The molecular formula is C48H37N3. The lowest BCUT2D eigenvalue weighted by Crippen LogP contribution is -2.39. The van der Waals surface area contributed by atoms with Crippen molar-refractivity contribution in [3.05, 3.63) is 180 Å². The van der Waals surface area contributed by atoms with Gasteiger partial charge in [-0.3, -0.25) is 4.98 Å². The van der Waals surface area contributed by atoms with E-state index >= 15 is 0 Å². The Kier molecular flexibility index (Phi) is 6.39. The summed E-state index contributed by atoms with van der Waals surface area (Å²) >= 11 is 0. The van der Waals surface area contributed by atoms with Gasteiger partial charge < -0.3 is 10.2 Å². The van der Waals surface area contributed by atoms with E-state index in [1.54, 1.807) is 0 Å². The van der Waals surface area contributed by atoms with Crippen LogP contribution in [-0.2, 0) is 0 Å². The minimum Gasteiger partial charge on any atom is -0.363 e. The Balaban J connectivity index is 0.937. The number of para-hydroxylation sites is 2. The molecule has 4 aromatic carbocycles. The molecule has 0 fully saturated rings. The van der Waals surface area contributed by atoms with Gasteiger partial charge in [0.15, 0.2) is 0 Å². The van der Waals surface area contributed by atoms with Crippen molar-refractivity contribution in [3.63, 3.8) is 0 Å².